The number of benzene rings is 1. The molecule has 0 heterocycles. The van der Waals surface area contributed by atoms with E-state index in [1.807, 2.05) is 0 Å². The van der Waals surface area contributed by atoms with Crippen LogP contribution in [0.2, 0.25) is 5.02 Å². The van der Waals surface area contributed by atoms with Crippen molar-refractivity contribution in [3.05, 3.63) is 34.6 Å². The molecule has 1 N–H and O–H groups in total. The van der Waals surface area contributed by atoms with E-state index in [4.69, 9.17) is 11.6 Å². The van der Waals surface area contributed by atoms with E-state index in [9.17, 15) is 9.18 Å². The van der Waals surface area contributed by atoms with Gasteiger partial charge in [0, 0.05) is 16.4 Å². The number of carbonyl (C=O) groups excluding carboxylic acids is 1. The van der Waals surface area contributed by atoms with E-state index in [2.05, 4.69) is 21.2 Å². The quantitative estimate of drug-likeness (QED) is 0.816. The number of carbonyl (C=O) groups is 1. The number of rotatable bonds is 2. The summed E-state index contributed by atoms with van der Waals surface area (Å²) in [6.45, 7) is 0. The average Bonchev–Trinajstić information content (AvgIpc) is 2.35. The van der Waals surface area contributed by atoms with Crippen LogP contribution in [0.4, 0.5) is 4.39 Å². The molecule has 1 saturated carbocycles. The third-order valence-electron chi connectivity index (χ3n) is 3.17. The lowest BCUT2D eigenvalue weighted by molar-refractivity contribution is 0.0928. The molecule has 0 saturated heterocycles. The Morgan fingerprint density at radius 1 is 1.33 bits per heavy atom. The van der Waals surface area contributed by atoms with Gasteiger partial charge in [-0.25, -0.2) is 4.39 Å². The van der Waals surface area contributed by atoms with Crippen LogP contribution < -0.4 is 5.32 Å². The van der Waals surface area contributed by atoms with Crippen molar-refractivity contribution in [2.75, 3.05) is 0 Å². The Bertz CT molecular complexity index is 447. The number of hydrogen-bond acceptors (Lipinski definition) is 1. The summed E-state index contributed by atoms with van der Waals surface area (Å²) >= 11 is 9.15. The predicted octanol–water partition coefficient (Wildman–Crippen LogP) is 3.92. The number of amides is 1. The maximum absolute atomic E-state index is 13.3. The first-order valence-electron chi connectivity index (χ1n) is 5.96. The highest BCUT2D eigenvalue weighted by Crippen LogP contribution is 2.24. The fraction of sp³-hybridized carbons (Fsp3) is 0.462. The van der Waals surface area contributed by atoms with Gasteiger partial charge in [0.2, 0.25) is 0 Å². The molecule has 2 rings (SSSR count). The van der Waals surface area contributed by atoms with Gasteiger partial charge in [0.15, 0.2) is 0 Å². The van der Waals surface area contributed by atoms with Gasteiger partial charge in [0.1, 0.15) is 5.82 Å². The van der Waals surface area contributed by atoms with Crippen LogP contribution in [0.5, 0.6) is 0 Å². The summed E-state index contributed by atoms with van der Waals surface area (Å²) in [4.78, 5) is 12.5. The standard InChI is InChI=1S/C13H14BrClFNO/c14-9-2-4-10(5-3-9)17-13(18)8-1-6-11(15)12(16)7-8/h1,6-7,9-10H,2-5H2,(H,17,18). The molecule has 1 aromatic carbocycles. The average molecular weight is 335 g/mol. The monoisotopic (exact) mass is 333 g/mol. The van der Waals surface area contributed by atoms with Gasteiger partial charge >= 0.3 is 0 Å². The smallest absolute Gasteiger partial charge is 0.251 e. The minimum Gasteiger partial charge on any atom is -0.349 e. The number of hydrogen-bond donors (Lipinski definition) is 1. The Balaban J connectivity index is 1.97. The van der Waals surface area contributed by atoms with E-state index in [-0.39, 0.29) is 17.0 Å². The topological polar surface area (TPSA) is 29.1 Å². The highest BCUT2D eigenvalue weighted by Gasteiger charge is 2.21. The lowest BCUT2D eigenvalue weighted by Gasteiger charge is -2.26. The maximum Gasteiger partial charge on any atom is 0.251 e. The zero-order chi connectivity index (χ0) is 13.1. The highest BCUT2D eigenvalue weighted by molar-refractivity contribution is 9.09. The van der Waals surface area contributed by atoms with Crippen LogP contribution in [0, 0.1) is 5.82 Å². The van der Waals surface area contributed by atoms with Crippen molar-refractivity contribution in [2.24, 2.45) is 0 Å². The molecule has 0 aliphatic heterocycles. The zero-order valence-corrected chi connectivity index (χ0v) is 12.1. The van der Waals surface area contributed by atoms with Crippen LogP contribution in [-0.2, 0) is 0 Å². The second-order valence-corrected chi connectivity index (χ2v) is 6.25. The molecule has 1 aromatic rings. The molecule has 0 spiro atoms. The zero-order valence-electron chi connectivity index (χ0n) is 9.76. The Morgan fingerprint density at radius 3 is 2.61 bits per heavy atom. The Hall–Kier alpha value is -0.610. The van der Waals surface area contributed by atoms with Crippen molar-refractivity contribution in [3.63, 3.8) is 0 Å². The van der Waals surface area contributed by atoms with Crippen LogP contribution in [0.1, 0.15) is 36.0 Å². The normalized spacial score (nSPS) is 23.7. The fourth-order valence-electron chi connectivity index (χ4n) is 2.10. The number of halogens is 3. The van der Waals surface area contributed by atoms with Crippen molar-refractivity contribution in [1.82, 2.24) is 5.32 Å². The van der Waals surface area contributed by atoms with Crippen LogP contribution >= 0.6 is 27.5 Å². The van der Waals surface area contributed by atoms with Gasteiger partial charge in [-0.2, -0.15) is 0 Å². The molecule has 2 nitrogen and oxygen atoms in total. The molecular weight excluding hydrogens is 321 g/mol. The van der Waals surface area contributed by atoms with Crippen molar-refractivity contribution in [1.29, 1.82) is 0 Å². The van der Waals surface area contributed by atoms with Gasteiger partial charge in [-0.05, 0) is 43.9 Å². The molecule has 18 heavy (non-hydrogen) atoms. The maximum atomic E-state index is 13.3. The summed E-state index contributed by atoms with van der Waals surface area (Å²) in [6.07, 6.45) is 4.02. The largest absolute Gasteiger partial charge is 0.349 e. The molecule has 1 amide bonds. The molecule has 0 atom stereocenters. The van der Waals surface area contributed by atoms with E-state index >= 15 is 0 Å². The van der Waals surface area contributed by atoms with E-state index < -0.39 is 5.82 Å². The molecule has 0 radical (unpaired) electrons. The van der Waals surface area contributed by atoms with Crippen molar-refractivity contribution < 1.29 is 9.18 Å². The summed E-state index contributed by atoms with van der Waals surface area (Å²) in [5.74, 6) is -0.794. The van der Waals surface area contributed by atoms with Crippen LogP contribution in [0.25, 0.3) is 0 Å². The van der Waals surface area contributed by atoms with Gasteiger partial charge in [-0.1, -0.05) is 27.5 Å². The van der Waals surface area contributed by atoms with Gasteiger partial charge < -0.3 is 5.32 Å². The minimum atomic E-state index is -0.562. The first-order valence-corrected chi connectivity index (χ1v) is 7.25. The molecule has 1 aliphatic carbocycles. The van der Waals surface area contributed by atoms with E-state index in [1.54, 1.807) is 0 Å². The van der Waals surface area contributed by atoms with Crippen LogP contribution in [0.15, 0.2) is 18.2 Å². The lowest BCUT2D eigenvalue weighted by atomic mass is 9.95. The van der Waals surface area contributed by atoms with E-state index in [0.717, 1.165) is 25.7 Å². The lowest BCUT2D eigenvalue weighted by Crippen LogP contribution is -2.37. The SMILES string of the molecule is O=C(NC1CCC(Br)CC1)c1ccc(Cl)c(F)c1. The van der Waals surface area contributed by atoms with Crippen LogP contribution in [0.3, 0.4) is 0 Å². The Labute approximate surface area is 119 Å². The van der Waals surface area contributed by atoms with Gasteiger partial charge in [0.25, 0.3) is 5.91 Å². The van der Waals surface area contributed by atoms with Crippen molar-refractivity contribution in [3.8, 4) is 0 Å². The summed E-state index contributed by atoms with van der Waals surface area (Å²) < 4.78 is 13.3. The third-order valence-corrected chi connectivity index (χ3v) is 4.40. The molecular formula is C13H14BrClFNO. The first-order chi connectivity index (χ1) is 8.56. The highest BCUT2D eigenvalue weighted by atomic mass is 79.9. The molecule has 5 heteroatoms. The number of nitrogens with one attached hydrogen (secondary N) is 1. The molecule has 98 valence electrons. The second kappa shape index (κ2) is 6.02. The first kappa shape index (κ1) is 13.8. The molecule has 0 bridgehead atoms. The summed E-state index contributed by atoms with van der Waals surface area (Å²) in [7, 11) is 0. The van der Waals surface area contributed by atoms with E-state index in [1.165, 1.54) is 18.2 Å². The molecule has 1 fully saturated rings. The van der Waals surface area contributed by atoms with Crippen LogP contribution in [-0.4, -0.2) is 16.8 Å². The number of alkyl halides is 1. The summed E-state index contributed by atoms with van der Waals surface area (Å²) in [5.41, 5.74) is 0.317. The van der Waals surface area contributed by atoms with Crippen molar-refractivity contribution >= 4 is 33.4 Å². The van der Waals surface area contributed by atoms with Gasteiger partial charge in [0.05, 0.1) is 5.02 Å². The molecule has 0 aromatic heterocycles. The Kier molecular flexibility index (Phi) is 4.62. The summed E-state index contributed by atoms with van der Waals surface area (Å²) in [6, 6.07) is 4.30. The van der Waals surface area contributed by atoms with Gasteiger partial charge in [-0.3, -0.25) is 4.79 Å². The fourth-order valence-corrected chi connectivity index (χ4v) is 2.75. The molecule has 1 aliphatic rings. The molecule has 0 unspecified atom stereocenters. The second-order valence-electron chi connectivity index (χ2n) is 4.55. The summed E-state index contributed by atoms with van der Waals surface area (Å²) in [5, 5.41) is 2.97. The van der Waals surface area contributed by atoms with Crippen molar-refractivity contribution in [2.45, 2.75) is 36.6 Å². The van der Waals surface area contributed by atoms with Gasteiger partial charge in [-0.15, -0.1) is 0 Å². The Morgan fingerprint density at radius 2 is 2.00 bits per heavy atom. The van der Waals surface area contributed by atoms with E-state index in [0.29, 0.717) is 10.4 Å². The third kappa shape index (κ3) is 3.45. The predicted molar refractivity (Wildman–Crippen MR) is 73.8 cm³/mol. The minimum absolute atomic E-state index is 0.0337.